The highest BCUT2D eigenvalue weighted by molar-refractivity contribution is 5.89. The van der Waals surface area contributed by atoms with Gasteiger partial charge in [-0.3, -0.25) is 14.5 Å². The normalized spacial score (nSPS) is 24.8. The summed E-state index contributed by atoms with van der Waals surface area (Å²) >= 11 is 0. The predicted molar refractivity (Wildman–Crippen MR) is 91.1 cm³/mol. The van der Waals surface area contributed by atoms with E-state index in [-0.39, 0.29) is 29.6 Å². The molecule has 1 atom stereocenters. The maximum absolute atomic E-state index is 13.3. The van der Waals surface area contributed by atoms with Crippen LogP contribution in [-0.4, -0.2) is 65.3 Å². The van der Waals surface area contributed by atoms with Crippen molar-refractivity contribution in [3.63, 3.8) is 0 Å². The quantitative estimate of drug-likeness (QED) is 0.830. The molecule has 3 saturated heterocycles. The average molecular weight is 345 g/mol. The van der Waals surface area contributed by atoms with Gasteiger partial charge >= 0.3 is 0 Å². The summed E-state index contributed by atoms with van der Waals surface area (Å²) in [6, 6.07) is 6.84. The first-order valence-electron chi connectivity index (χ1n) is 9.15. The van der Waals surface area contributed by atoms with Gasteiger partial charge in [-0.25, -0.2) is 4.39 Å². The van der Waals surface area contributed by atoms with Gasteiger partial charge in [-0.15, -0.1) is 0 Å². The van der Waals surface area contributed by atoms with E-state index in [1.54, 1.807) is 12.1 Å². The Labute approximate surface area is 147 Å². The molecule has 1 aromatic carbocycles. The van der Waals surface area contributed by atoms with Gasteiger partial charge in [0.05, 0.1) is 12.0 Å². The number of carbonyl (C=O) groups excluding carboxylic acids is 2. The van der Waals surface area contributed by atoms with Crippen molar-refractivity contribution in [3.05, 3.63) is 35.6 Å². The monoisotopic (exact) mass is 345 g/mol. The van der Waals surface area contributed by atoms with E-state index < -0.39 is 0 Å². The number of likely N-dealkylation sites (tertiary alicyclic amines) is 3. The summed E-state index contributed by atoms with van der Waals surface area (Å²) in [5.74, 6) is -0.118. The second-order valence-corrected chi connectivity index (χ2v) is 7.46. The summed E-state index contributed by atoms with van der Waals surface area (Å²) < 4.78 is 13.3. The topological polar surface area (TPSA) is 43.9 Å². The molecule has 1 aromatic rings. The molecule has 1 unspecified atom stereocenters. The molecule has 3 aliphatic heterocycles. The highest BCUT2D eigenvalue weighted by atomic mass is 19.1. The number of hydrogen-bond donors (Lipinski definition) is 0. The Kier molecular flexibility index (Phi) is 4.46. The summed E-state index contributed by atoms with van der Waals surface area (Å²) in [5, 5.41) is 0. The fourth-order valence-corrected chi connectivity index (χ4v) is 4.21. The maximum Gasteiger partial charge on any atom is 0.227 e. The molecule has 134 valence electrons. The van der Waals surface area contributed by atoms with Crippen LogP contribution in [0.2, 0.25) is 0 Å². The minimum absolute atomic E-state index is 0.105. The fraction of sp³-hybridized carbons (Fsp3) is 0.579. The second kappa shape index (κ2) is 6.75. The van der Waals surface area contributed by atoms with Crippen LogP contribution in [-0.2, 0) is 16.1 Å². The predicted octanol–water partition coefficient (Wildman–Crippen LogP) is 1.48. The molecule has 3 heterocycles. The van der Waals surface area contributed by atoms with Gasteiger partial charge in [-0.1, -0.05) is 12.1 Å². The Morgan fingerprint density at radius 1 is 1.16 bits per heavy atom. The largest absolute Gasteiger partial charge is 0.342 e. The van der Waals surface area contributed by atoms with E-state index in [1.807, 2.05) is 15.9 Å². The molecule has 3 fully saturated rings. The van der Waals surface area contributed by atoms with Gasteiger partial charge in [-0.05, 0) is 30.5 Å². The molecule has 4 rings (SSSR count). The van der Waals surface area contributed by atoms with Gasteiger partial charge in [0.25, 0.3) is 0 Å². The first-order chi connectivity index (χ1) is 12.1. The van der Waals surface area contributed by atoms with Crippen molar-refractivity contribution in [2.24, 2.45) is 5.92 Å². The van der Waals surface area contributed by atoms with Crippen LogP contribution in [0, 0.1) is 11.7 Å². The number of carbonyl (C=O) groups is 2. The summed E-state index contributed by atoms with van der Waals surface area (Å²) in [7, 11) is 0. The van der Waals surface area contributed by atoms with Crippen molar-refractivity contribution in [1.29, 1.82) is 0 Å². The number of halogens is 1. The Bertz CT molecular complexity index is 668. The smallest absolute Gasteiger partial charge is 0.227 e. The van der Waals surface area contributed by atoms with E-state index in [0.29, 0.717) is 19.5 Å². The van der Waals surface area contributed by atoms with Crippen molar-refractivity contribution in [2.75, 3.05) is 32.7 Å². The van der Waals surface area contributed by atoms with E-state index in [2.05, 4.69) is 4.90 Å². The summed E-state index contributed by atoms with van der Waals surface area (Å²) in [6.45, 7) is 4.54. The third-order valence-electron chi connectivity index (χ3n) is 5.60. The highest BCUT2D eigenvalue weighted by Crippen LogP contribution is 2.28. The molecule has 2 amide bonds. The molecule has 0 bridgehead atoms. The number of benzene rings is 1. The molecule has 0 saturated carbocycles. The number of hydrogen-bond acceptors (Lipinski definition) is 3. The van der Waals surface area contributed by atoms with Gasteiger partial charge < -0.3 is 9.80 Å². The highest BCUT2D eigenvalue weighted by Gasteiger charge is 2.43. The van der Waals surface area contributed by atoms with Crippen molar-refractivity contribution in [3.8, 4) is 0 Å². The van der Waals surface area contributed by atoms with Crippen LogP contribution >= 0.6 is 0 Å². The molecule has 0 aromatic heterocycles. The van der Waals surface area contributed by atoms with Gasteiger partial charge in [0.2, 0.25) is 11.8 Å². The molecule has 6 heteroatoms. The molecular formula is C19H24FN3O2. The molecule has 0 radical (unpaired) electrons. The first-order valence-corrected chi connectivity index (χ1v) is 9.15. The average Bonchev–Trinajstić information content (AvgIpc) is 3.20. The molecule has 5 nitrogen and oxygen atoms in total. The van der Waals surface area contributed by atoms with Crippen LogP contribution in [0.25, 0.3) is 0 Å². The Morgan fingerprint density at radius 2 is 1.92 bits per heavy atom. The second-order valence-electron chi connectivity index (χ2n) is 7.46. The third-order valence-corrected chi connectivity index (χ3v) is 5.60. The number of rotatable bonds is 4. The van der Waals surface area contributed by atoms with Gasteiger partial charge in [-0.2, -0.15) is 0 Å². The lowest BCUT2D eigenvalue weighted by atomic mass is 10.1. The molecule has 0 spiro atoms. The maximum atomic E-state index is 13.3. The molecule has 0 aliphatic carbocycles. The zero-order valence-corrected chi connectivity index (χ0v) is 14.4. The van der Waals surface area contributed by atoms with Crippen LogP contribution in [0.4, 0.5) is 4.39 Å². The fourth-order valence-electron chi connectivity index (χ4n) is 4.21. The SMILES string of the molecule is O=C(C1CC(=O)N(C2CN(Cc3cccc(F)c3)C2)C1)N1CCCC1. The van der Waals surface area contributed by atoms with Crippen LogP contribution in [0.15, 0.2) is 24.3 Å². The molecular weight excluding hydrogens is 321 g/mol. The number of nitrogens with zero attached hydrogens (tertiary/aromatic N) is 3. The lowest BCUT2D eigenvalue weighted by Gasteiger charge is -2.44. The summed E-state index contributed by atoms with van der Waals surface area (Å²) in [5.41, 5.74) is 0.952. The van der Waals surface area contributed by atoms with Gasteiger partial charge in [0.15, 0.2) is 0 Å². The number of amides is 2. The van der Waals surface area contributed by atoms with E-state index in [9.17, 15) is 14.0 Å². The van der Waals surface area contributed by atoms with Crippen molar-refractivity contribution < 1.29 is 14.0 Å². The van der Waals surface area contributed by atoms with Crippen LogP contribution in [0.3, 0.4) is 0 Å². The Hall–Kier alpha value is -1.95. The first kappa shape index (κ1) is 16.5. The minimum Gasteiger partial charge on any atom is -0.342 e. The van der Waals surface area contributed by atoms with E-state index in [0.717, 1.165) is 44.6 Å². The molecule has 25 heavy (non-hydrogen) atoms. The van der Waals surface area contributed by atoms with E-state index in [4.69, 9.17) is 0 Å². The summed E-state index contributed by atoms with van der Waals surface area (Å²) in [4.78, 5) is 30.9. The lowest BCUT2D eigenvalue weighted by molar-refractivity contribution is -0.135. The third kappa shape index (κ3) is 3.40. The Balaban J connectivity index is 1.29. The Morgan fingerprint density at radius 3 is 2.64 bits per heavy atom. The summed E-state index contributed by atoms with van der Waals surface area (Å²) in [6.07, 6.45) is 2.51. The van der Waals surface area contributed by atoms with Gasteiger partial charge in [0, 0.05) is 45.7 Å². The van der Waals surface area contributed by atoms with Crippen molar-refractivity contribution >= 4 is 11.8 Å². The zero-order valence-electron chi connectivity index (χ0n) is 14.4. The van der Waals surface area contributed by atoms with Crippen LogP contribution in [0.5, 0.6) is 0 Å². The zero-order chi connectivity index (χ0) is 17.4. The van der Waals surface area contributed by atoms with Gasteiger partial charge in [0.1, 0.15) is 5.82 Å². The van der Waals surface area contributed by atoms with Crippen LogP contribution < -0.4 is 0 Å². The van der Waals surface area contributed by atoms with Crippen molar-refractivity contribution in [1.82, 2.24) is 14.7 Å². The minimum atomic E-state index is -0.215. The van der Waals surface area contributed by atoms with E-state index >= 15 is 0 Å². The van der Waals surface area contributed by atoms with Crippen LogP contribution in [0.1, 0.15) is 24.8 Å². The molecule has 3 aliphatic rings. The molecule has 0 N–H and O–H groups in total. The van der Waals surface area contributed by atoms with E-state index in [1.165, 1.54) is 6.07 Å². The standard InChI is InChI=1S/C19H24FN3O2/c20-16-5-3-4-14(8-16)10-21-12-17(13-21)23-11-15(9-18(23)24)19(25)22-6-1-2-7-22/h3-5,8,15,17H,1-2,6-7,9-13H2. The van der Waals surface area contributed by atoms with Crippen molar-refractivity contribution in [2.45, 2.75) is 31.8 Å². The lowest BCUT2D eigenvalue weighted by Crippen LogP contribution is -2.59.